The van der Waals surface area contributed by atoms with Crippen molar-refractivity contribution < 1.29 is 4.79 Å². The molecule has 0 saturated heterocycles. The molecule has 102 valence electrons. The number of Topliss-reactive ketones (excluding diaryl/α,β-unsaturated/α-hetero) is 1. The first-order valence-corrected chi connectivity index (χ1v) is 7.34. The molecule has 20 heavy (non-hydrogen) atoms. The van der Waals surface area contributed by atoms with E-state index in [0.29, 0.717) is 26.2 Å². The smallest absolute Gasteiger partial charge is 0.196 e. The van der Waals surface area contributed by atoms with Gasteiger partial charge in [-0.3, -0.25) is 4.79 Å². The van der Waals surface area contributed by atoms with Crippen molar-refractivity contribution in [1.82, 2.24) is 4.98 Å². The van der Waals surface area contributed by atoms with E-state index in [0.717, 1.165) is 5.01 Å². The van der Waals surface area contributed by atoms with Gasteiger partial charge in [0, 0.05) is 10.0 Å². The van der Waals surface area contributed by atoms with Crippen molar-refractivity contribution in [3.05, 3.63) is 49.4 Å². The summed E-state index contributed by atoms with van der Waals surface area (Å²) in [5, 5.41) is 10.9. The maximum Gasteiger partial charge on any atom is 0.196 e. The molecule has 3 nitrogen and oxygen atoms in total. The number of aromatic nitrogens is 1. The first-order chi connectivity index (χ1) is 9.43. The number of carbonyl (C=O) groups excluding carboxylic acids is 1. The second kappa shape index (κ2) is 5.92. The van der Waals surface area contributed by atoms with E-state index < -0.39 is 5.92 Å². The number of nitriles is 1. The van der Waals surface area contributed by atoms with Crippen molar-refractivity contribution in [2.24, 2.45) is 0 Å². The van der Waals surface area contributed by atoms with Crippen LogP contribution in [0.5, 0.6) is 0 Å². The summed E-state index contributed by atoms with van der Waals surface area (Å²) in [5.74, 6) is -1.22. The summed E-state index contributed by atoms with van der Waals surface area (Å²) in [4.78, 5) is 17.2. The first-order valence-electron chi connectivity index (χ1n) is 5.77. The van der Waals surface area contributed by atoms with Crippen LogP contribution in [0.1, 0.15) is 31.9 Å². The predicted molar refractivity (Wildman–Crippen MR) is 80.7 cm³/mol. The number of hydrogen-bond donors (Lipinski definition) is 0. The van der Waals surface area contributed by atoms with Gasteiger partial charge in [0.1, 0.15) is 5.92 Å². The van der Waals surface area contributed by atoms with Gasteiger partial charge in [-0.2, -0.15) is 5.26 Å². The second-order valence-corrected chi connectivity index (χ2v) is 6.29. The quantitative estimate of drug-likeness (QED) is 0.778. The molecule has 0 fully saturated rings. The number of halogens is 2. The zero-order chi connectivity index (χ0) is 14.9. The van der Waals surface area contributed by atoms with E-state index in [1.54, 1.807) is 19.1 Å². The summed E-state index contributed by atoms with van der Waals surface area (Å²) in [7, 11) is 0. The van der Waals surface area contributed by atoms with Gasteiger partial charge in [-0.1, -0.05) is 29.3 Å². The highest BCUT2D eigenvalue weighted by atomic mass is 35.5. The zero-order valence-corrected chi connectivity index (χ0v) is 13.1. The van der Waals surface area contributed by atoms with Crippen LogP contribution in [0, 0.1) is 25.2 Å². The van der Waals surface area contributed by atoms with Gasteiger partial charge in [0.25, 0.3) is 0 Å². The van der Waals surface area contributed by atoms with Crippen LogP contribution in [0.25, 0.3) is 0 Å². The minimum absolute atomic E-state index is 0.278. The minimum Gasteiger partial charge on any atom is -0.291 e. The van der Waals surface area contributed by atoms with Gasteiger partial charge in [-0.15, -0.1) is 11.3 Å². The standard InChI is InChI=1S/C14H10Cl2N2OS/c1-7-14(20-8(2)18-7)13(19)11(6-17)10-4-3-9(15)5-12(10)16/h3-5,11H,1-2H3. The van der Waals surface area contributed by atoms with Crippen LogP contribution < -0.4 is 0 Å². The monoisotopic (exact) mass is 324 g/mol. The van der Waals surface area contributed by atoms with Crippen LogP contribution in [-0.2, 0) is 0 Å². The van der Waals surface area contributed by atoms with Gasteiger partial charge in [0.05, 0.1) is 21.6 Å². The first kappa shape index (κ1) is 15.0. The number of aryl methyl sites for hydroxylation is 2. The predicted octanol–water partition coefficient (Wildman–Crippen LogP) is 4.56. The number of carbonyl (C=O) groups is 1. The molecule has 0 aliphatic heterocycles. The summed E-state index contributed by atoms with van der Waals surface area (Å²) in [6.07, 6.45) is 0. The Hall–Kier alpha value is -1.41. The van der Waals surface area contributed by atoms with Gasteiger partial charge in [-0.05, 0) is 31.5 Å². The van der Waals surface area contributed by atoms with E-state index in [-0.39, 0.29) is 5.78 Å². The molecule has 0 amide bonds. The number of benzene rings is 1. The Morgan fingerprint density at radius 2 is 2.10 bits per heavy atom. The molecule has 0 aliphatic carbocycles. The molecule has 1 aromatic heterocycles. The van der Waals surface area contributed by atoms with Gasteiger partial charge < -0.3 is 0 Å². The third-order valence-electron chi connectivity index (χ3n) is 2.79. The Morgan fingerprint density at radius 1 is 1.40 bits per heavy atom. The molecular formula is C14H10Cl2N2OS. The Kier molecular flexibility index (Phi) is 4.44. The topological polar surface area (TPSA) is 53.8 Å². The zero-order valence-electron chi connectivity index (χ0n) is 10.8. The molecule has 0 radical (unpaired) electrons. The Balaban J connectivity index is 2.45. The Bertz CT molecular complexity index is 718. The molecule has 0 saturated carbocycles. The lowest BCUT2D eigenvalue weighted by Crippen LogP contribution is -2.11. The Labute approximate surface area is 130 Å². The molecule has 2 rings (SSSR count). The van der Waals surface area contributed by atoms with Gasteiger partial charge >= 0.3 is 0 Å². The van der Waals surface area contributed by atoms with E-state index in [2.05, 4.69) is 4.98 Å². The van der Waals surface area contributed by atoms with Gasteiger partial charge in [0.2, 0.25) is 0 Å². The number of rotatable bonds is 3. The fraction of sp³-hybridized carbons (Fsp3) is 0.214. The van der Waals surface area contributed by atoms with Gasteiger partial charge in [0.15, 0.2) is 5.78 Å². The highest BCUT2D eigenvalue weighted by molar-refractivity contribution is 7.13. The molecule has 0 spiro atoms. The maximum absolute atomic E-state index is 12.5. The summed E-state index contributed by atoms with van der Waals surface area (Å²) in [6.45, 7) is 3.58. The van der Waals surface area contributed by atoms with Crippen LogP contribution in [0.3, 0.4) is 0 Å². The van der Waals surface area contributed by atoms with Crippen LogP contribution >= 0.6 is 34.5 Å². The molecule has 1 atom stereocenters. The van der Waals surface area contributed by atoms with Crippen LogP contribution in [0.2, 0.25) is 10.0 Å². The average Bonchev–Trinajstić information content (AvgIpc) is 2.71. The summed E-state index contributed by atoms with van der Waals surface area (Å²) in [5.41, 5.74) is 1.11. The van der Waals surface area contributed by atoms with Crippen molar-refractivity contribution in [1.29, 1.82) is 5.26 Å². The molecule has 1 aromatic carbocycles. The number of hydrogen-bond acceptors (Lipinski definition) is 4. The lowest BCUT2D eigenvalue weighted by molar-refractivity contribution is 0.0982. The van der Waals surface area contributed by atoms with Crippen molar-refractivity contribution in [2.45, 2.75) is 19.8 Å². The fourth-order valence-electron chi connectivity index (χ4n) is 1.90. The van der Waals surface area contributed by atoms with E-state index in [1.807, 2.05) is 13.0 Å². The molecule has 0 N–H and O–H groups in total. The molecule has 0 bridgehead atoms. The highest BCUT2D eigenvalue weighted by Gasteiger charge is 2.27. The molecule has 1 heterocycles. The van der Waals surface area contributed by atoms with Crippen molar-refractivity contribution in [2.75, 3.05) is 0 Å². The summed E-state index contributed by atoms with van der Waals surface area (Å²) in [6, 6.07) is 6.77. The minimum atomic E-state index is -0.946. The number of ketones is 1. The third-order valence-corrected chi connectivity index (χ3v) is 4.44. The van der Waals surface area contributed by atoms with E-state index >= 15 is 0 Å². The molecular weight excluding hydrogens is 315 g/mol. The fourth-order valence-corrected chi connectivity index (χ4v) is 3.30. The SMILES string of the molecule is Cc1nc(C)c(C(=O)C(C#N)c2ccc(Cl)cc2Cl)s1. The normalized spacial score (nSPS) is 11.9. The lowest BCUT2D eigenvalue weighted by atomic mass is 9.95. The molecule has 2 aromatic rings. The van der Waals surface area contributed by atoms with Crippen LogP contribution in [0.15, 0.2) is 18.2 Å². The van der Waals surface area contributed by atoms with Gasteiger partial charge in [-0.25, -0.2) is 4.98 Å². The van der Waals surface area contributed by atoms with Crippen molar-refractivity contribution in [3.8, 4) is 6.07 Å². The van der Waals surface area contributed by atoms with Crippen molar-refractivity contribution >= 4 is 40.3 Å². The highest BCUT2D eigenvalue weighted by Crippen LogP contribution is 2.31. The number of thiazole rings is 1. The number of nitrogens with zero attached hydrogens (tertiary/aromatic N) is 2. The maximum atomic E-state index is 12.5. The lowest BCUT2D eigenvalue weighted by Gasteiger charge is -2.10. The largest absolute Gasteiger partial charge is 0.291 e. The Morgan fingerprint density at radius 3 is 2.60 bits per heavy atom. The second-order valence-electron chi connectivity index (χ2n) is 4.24. The average molecular weight is 325 g/mol. The van der Waals surface area contributed by atoms with E-state index in [9.17, 15) is 10.1 Å². The molecule has 0 aliphatic rings. The van der Waals surface area contributed by atoms with Crippen LogP contribution in [-0.4, -0.2) is 10.8 Å². The third kappa shape index (κ3) is 2.85. The molecule has 6 heteroatoms. The summed E-state index contributed by atoms with van der Waals surface area (Å²) < 4.78 is 0. The van der Waals surface area contributed by atoms with Crippen LogP contribution in [0.4, 0.5) is 0 Å². The summed E-state index contributed by atoms with van der Waals surface area (Å²) >= 11 is 13.2. The van der Waals surface area contributed by atoms with E-state index in [1.165, 1.54) is 17.4 Å². The van der Waals surface area contributed by atoms with E-state index in [4.69, 9.17) is 23.2 Å². The van der Waals surface area contributed by atoms with Crippen molar-refractivity contribution in [3.63, 3.8) is 0 Å². The molecule has 1 unspecified atom stereocenters.